The average Bonchev–Trinajstić information content (AvgIpc) is 2.87. The van der Waals surface area contributed by atoms with Crippen LogP contribution in [0.2, 0.25) is 0 Å². The van der Waals surface area contributed by atoms with Gasteiger partial charge >= 0.3 is 5.97 Å². The van der Waals surface area contributed by atoms with Crippen LogP contribution in [0.5, 0.6) is 5.75 Å². The molecule has 0 N–H and O–H groups in total. The van der Waals surface area contributed by atoms with Gasteiger partial charge in [-0.25, -0.2) is 0 Å². The summed E-state index contributed by atoms with van der Waals surface area (Å²) in [5.41, 5.74) is 1.02. The standard InChI is InChI=1S/C14H17NO4/c1-3-15(9-13(16)18-2)14(17)12-8-10-6-4-5-7-11(10)19-12/h4-7,12H,3,8-9H2,1-2H3. The van der Waals surface area contributed by atoms with Crippen molar-refractivity contribution in [3.05, 3.63) is 29.8 Å². The fourth-order valence-electron chi connectivity index (χ4n) is 2.09. The van der Waals surface area contributed by atoms with Gasteiger partial charge in [0.2, 0.25) is 0 Å². The van der Waals surface area contributed by atoms with E-state index in [9.17, 15) is 9.59 Å². The molecule has 0 saturated carbocycles. The fraction of sp³-hybridized carbons (Fsp3) is 0.429. The maximum absolute atomic E-state index is 12.3. The van der Waals surface area contributed by atoms with Gasteiger partial charge in [0.25, 0.3) is 5.91 Å². The van der Waals surface area contributed by atoms with Gasteiger partial charge in [-0.3, -0.25) is 9.59 Å². The minimum Gasteiger partial charge on any atom is -0.480 e. The molecule has 1 aromatic carbocycles. The minimum absolute atomic E-state index is 0.0396. The highest BCUT2D eigenvalue weighted by atomic mass is 16.5. The van der Waals surface area contributed by atoms with Gasteiger partial charge in [-0.1, -0.05) is 18.2 Å². The summed E-state index contributed by atoms with van der Waals surface area (Å²) in [7, 11) is 1.31. The topological polar surface area (TPSA) is 55.8 Å². The average molecular weight is 263 g/mol. The number of para-hydroxylation sites is 1. The SMILES string of the molecule is CCN(CC(=O)OC)C(=O)C1Cc2ccccc2O1. The summed E-state index contributed by atoms with van der Waals surface area (Å²) in [6.45, 7) is 2.23. The molecule has 2 rings (SSSR count). The van der Waals surface area contributed by atoms with Gasteiger partial charge < -0.3 is 14.4 Å². The van der Waals surface area contributed by atoms with E-state index >= 15 is 0 Å². The Labute approximate surface area is 112 Å². The van der Waals surface area contributed by atoms with E-state index in [-0.39, 0.29) is 12.5 Å². The highest BCUT2D eigenvalue weighted by molar-refractivity contribution is 5.86. The van der Waals surface area contributed by atoms with Gasteiger partial charge in [0, 0.05) is 13.0 Å². The van der Waals surface area contributed by atoms with Crippen molar-refractivity contribution in [3.8, 4) is 5.75 Å². The lowest BCUT2D eigenvalue weighted by Gasteiger charge is -2.22. The molecule has 0 fully saturated rings. The Morgan fingerprint density at radius 3 is 2.79 bits per heavy atom. The number of likely N-dealkylation sites (N-methyl/N-ethyl adjacent to an activating group) is 1. The third-order valence-corrected chi connectivity index (χ3v) is 3.16. The highest BCUT2D eigenvalue weighted by Crippen LogP contribution is 2.28. The third-order valence-electron chi connectivity index (χ3n) is 3.16. The molecule has 1 heterocycles. The normalized spacial score (nSPS) is 16.4. The number of amides is 1. The maximum Gasteiger partial charge on any atom is 0.325 e. The van der Waals surface area contributed by atoms with Crippen LogP contribution in [0, 0.1) is 0 Å². The number of carbonyl (C=O) groups is 2. The molecule has 1 atom stereocenters. The molecule has 1 aliphatic heterocycles. The number of benzene rings is 1. The predicted octanol–water partition coefficient (Wildman–Crippen LogP) is 1.01. The molecule has 0 aliphatic carbocycles. The van der Waals surface area contributed by atoms with Crippen LogP contribution in [0.1, 0.15) is 12.5 Å². The fourth-order valence-corrected chi connectivity index (χ4v) is 2.09. The van der Waals surface area contributed by atoms with Gasteiger partial charge in [0.05, 0.1) is 7.11 Å². The van der Waals surface area contributed by atoms with Crippen molar-refractivity contribution in [2.75, 3.05) is 20.2 Å². The minimum atomic E-state index is -0.540. The zero-order chi connectivity index (χ0) is 13.8. The van der Waals surface area contributed by atoms with Crippen LogP contribution in [0.3, 0.4) is 0 Å². The highest BCUT2D eigenvalue weighted by Gasteiger charge is 2.32. The van der Waals surface area contributed by atoms with Crippen LogP contribution in [-0.2, 0) is 20.7 Å². The molecule has 1 unspecified atom stereocenters. The van der Waals surface area contributed by atoms with Gasteiger partial charge in [-0.05, 0) is 18.6 Å². The molecular formula is C14H17NO4. The first-order valence-electron chi connectivity index (χ1n) is 6.25. The first-order chi connectivity index (χ1) is 9.15. The monoisotopic (exact) mass is 263 g/mol. The second-order valence-corrected chi connectivity index (χ2v) is 4.35. The van der Waals surface area contributed by atoms with E-state index in [0.717, 1.165) is 11.3 Å². The molecule has 1 aromatic rings. The number of hydrogen-bond acceptors (Lipinski definition) is 4. The quantitative estimate of drug-likeness (QED) is 0.761. The zero-order valence-electron chi connectivity index (χ0n) is 11.1. The molecule has 102 valence electrons. The second kappa shape index (κ2) is 5.73. The van der Waals surface area contributed by atoms with E-state index in [1.54, 1.807) is 0 Å². The molecule has 0 saturated heterocycles. The van der Waals surface area contributed by atoms with E-state index in [1.165, 1.54) is 12.0 Å². The van der Waals surface area contributed by atoms with Gasteiger partial charge in [-0.15, -0.1) is 0 Å². The number of esters is 1. The van der Waals surface area contributed by atoms with Crippen molar-refractivity contribution in [1.82, 2.24) is 4.90 Å². The summed E-state index contributed by atoms with van der Waals surface area (Å²) >= 11 is 0. The molecule has 1 aliphatic rings. The molecule has 19 heavy (non-hydrogen) atoms. The Morgan fingerprint density at radius 1 is 1.42 bits per heavy atom. The number of hydrogen-bond donors (Lipinski definition) is 0. The number of methoxy groups -OCH3 is 1. The Morgan fingerprint density at radius 2 is 2.16 bits per heavy atom. The second-order valence-electron chi connectivity index (χ2n) is 4.35. The number of nitrogens with zero attached hydrogens (tertiary/aromatic N) is 1. The summed E-state index contributed by atoms with van der Waals surface area (Å²) < 4.78 is 10.2. The molecule has 5 heteroatoms. The van der Waals surface area contributed by atoms with Crippen LogP contribution in [0.4, 0.5) is 0 Å². The molecule has 0 spiro atoms. The van der Waals surface area contributed by atoms with Crippen molar-refractivity contribution in [3.63, 3.8) is 0 Å². The Balaban J connectivity index is 2.03. The summed E-state index contributed by atoms with van der Waals surface area (Å²) in [4.78, 5) is 25.0. The molecule has 5 nitrogen and oxygen atoms in total. The first-order valence-corrected chi connectivity index (χ1v) is 6.25. The molecule has 0 aromatic heterocycles. The number of fused-ring (bicyclic) bond motifs is 1. The lowest BCUT2D eigenvalue weighted by molar-refractivity contribution is -0.149. The van der Waals surface area contributed by atoms with Crippen molar-refractivity contribution in [2.24, 2.45) is 0 Å². The van der Waals surface area contributed by atoms with Crippen LogP contribution in [0.15, 0.2) is 24.3 Å². The van der Waals surface area contributed by atoms with Gasteiger partial charge in [0.1, 0.15) is 12.3 Å². The van der Waals surface area contributed by atoms with Crippen molar-refractivity contribution in [1.29, 1.82) is 0 Å². The lowest BCUT2D eigenvalue weighted by Crippen LogP contribution is -2.44. The van der Waals surface area contributed by atoms with Gasteiger partial charge in [0.15, 0.2) is 6.10 Å². The van der Waals surface area contributed by atoms with Crippen molar-refractivity contribution >= 4 is 11.9 Å². The van der Waals surface area contributed by atoms with Crippen LogP contribution in [-0.4, -0.2) is 43.1 Å². The van der Waals surface area contributed by atoms with Crippen molar-refractivity contribution in [2.45, 2.75) is 19.4 Å². The smallest absolute Gasteiger partial charge is 0.325 e. The number of rotatable bonds is 4. The summed E-state index contributed by atoms with van der Waals surface area (Å²) in [5, 5.41) is 0. The molecule has 1 amide bonds. The van der Waals surface area contributed by atoms with Crippen LogP contribution < -0.4 is 4.74 Å². The lowest BCUT2D eigenvalue weighted by atomic mass is 10.1. The van der Waals surface area contributed by atoms with E-state index in [4.69, 9.17) is 4.74 Å². The van der Waals surface area contributed by atoms with E-state index < -0.39 is 12.1 Å². The van der Waals surface area contributed by atoms with E-state index in [1.807, 2.05) is 31.2 Å². The molecule has 0 radical (unpaired) electrons. The van der Waals surface area contributed by atoms with Crippen LogP contribution in [0.25, 0.3) is 0 Å². The number of ether oxygens (including phenoxy) is 2. The third kappa shape index (κ3) is 2.86. The van der Waals surface area contributed by atoms with Crippen LogP contribution >= 0.6 is 0 Å². The Kier molecular flexibility index (Phi) is 4.04. The first kappa shape index (κ1) is 13.4. The Hall–Kier alpha value is -2.04. The maximum atomic E-state index is 12.3. The summed E-state index contributed by atoms with van der Waals surface area (Å²) in [5.74, 6) is 0.143. The van der Waals surface area contributed by atoms with Crippen molar-refractivity contribution < 1.29 is 19.1 Å². The molecular weight excluding hydrogens is 246 g/mol. The molecule has 0 bridgehead atoms. The van der Waals surface area contributed by atoms with E-state index in [2.05, 4.69) is 4.74 Å². The van der Waals surface area contributed by atoms with Gasteiger partial charge in [-0.2, -0.15) is 0 Å². The summed E-state index contributed by atoms with van der Waals surface area (Å²) in [6.07, 6.45) is 0.00848. The largest absolute Gasteiger partial charge is 0.480 e. The Bertz CT molecular complexity index is 461. The zero-order valence-corrected chi connectivity index (χ0v) is 11.1. The van der Waals surface area contributed by atoms with E-state index in [0.29, 0.717) is 13.0 Å². The summed E-state index contributed by atoms with van der Waals surface area (Å²) in [6, 6.07) is 7.58. The predicted molar refractivity (Wildman–Crippen MR) is 68.8 cm³/mol. The number of carbonyl (C=O) groups excluding carboxylic acids is 2.